The van der Waals surface area contributed by atoms with Crippen LogP contribution >= 0.6 is 0 Å². The maximum Gasteiger partial charge on any atom is 0.336 e. The van der Waals surface area contributed by atoms with Crippen molar-refractivity contribution in [2.45, 2.75) is 51.5 Å². The lowest BCUT2D eigenvalue weighted by atomic mass is 9.91. The molecule has 3 heterocycles. The Bertz CT molecular complexity index is 1480. The number of aliphatic imine (C=N–C) groups is 1. The number of nitro benzene ring substituents is 1. The number of nitrogens with zero attached hydrogens (tertiary/aromatic N) is 4. The van der Waals surface area contributed by atoms with E-state index in [4.69, 9.17) is 14.1 Å². The number of rotatable bonds is 13. The molecule has 1 N–H and O–H groups in total. The first-order valence-electron chi connectivity index (χ1n) is 15.4. The first kappa shape index (κ1) is 31.2. The zero-order valence-electron chi connectivity index (χ0n) is 25.2. The number of carbonyl (C=O) groups is 1. The third-order valence-corrected chi connectivity index (χ3v) is 8.32. The molecule has 2 aliphatic rings. The van der Waals surface area contributed by atoms with Crippen molar-refractivity contribution in [3.63, 3.8) is 0 Å². The van der Waals surface area contributed by atoms with Gasteiger partial charge in [-0.15, -0.1) is 0 Å². The number of hydrogen-bond acceptors (Lipinski definition) is 8. The fourth-order valence-corrected chi connectivity index (χ4v) is 6.04. The average Bonchev–Trinajstić information content (AvgIpc) is 3.43. The molecule has 3 aromatic rings. The zero-order valence-corrected chi connectivity index (χ0v) is 25.2. The highest BCUT2D eigenvalue weighted by Gasteiger charge is 2.39. The Morgan fingerprint density at radius 3 is 2.52 bits per heavy atom. The van der Waals surface area contributed by atoms with E-state index in [1.54, 1.807) is 37.5 Å². The minimum Gasteiger partial charge on any atom is -0.478 e. The molecular weight excluding hydrogens is 560 g/mol. The van der Waals surface area contributed by atoms with Crippen molar-refractivity contribution in [1.82, 2.24) is 9.80 Å². The van der Waals surface area contributed by atoms with Crippen molar-refractivity contribution in [2.75, 3.05) is 39.4 Å². The minimum absolute atomic E-state index is 0.00198. The number of hydrogen-bond donors (Lipinski definition) is 1. The molecule has 1 fully saturated rings. The predicted molar refractivity (Wildman–Crippen MR) is 168 cm³/mol. The lowest BCUT2D eigenvalue weighted by Gasteiger charge is -2.38. The first-order valence-corrected chi connectivity index (χ1v) is 15.4. The van der Waals surface area contributed by atoms with E-state index in [9.17, 15) is 20.0 Å². The van der Waals surface area contributed by atoms with Crippen molar-refractivity contribution < 1.29 is 24.0 Å². The van der Waals surface area contributed by atoms with Crippen LogP contribution in [0.15, 0.2) is 87.6 Å². The SMILES string of the molecule is Cc1ccc(C2C(C(=O)O)=C(COCCN3CCCCCC3)N=C(c3ccco3)N2CCCc2ccccc2)cc1[N+](=O)[O-]. The smallest absolute Gasteiger partial charge is 0.336 e. The summed E-state index contributed by atoms with van der Waals surface area (Å²) in [6.07, 6.45) is 7.86. The summed E-state index contributed by atoms with van der Waals surface area (Å²) in [5.74, 6) is -0.171. The van der Waals surface area contributed by atoms with Gasteiger partial charge >= 0.3 is 5.97 Å². The molecule has 1 aromatic heterocycles. The second kappa shape index (κ2) is 14.9. The molecular formula is C34H40N4O6. The van der Waals surface area contributed by atoms with Crippen LogP contribution in [0.5, 0.6) is 0 Å². The van der Waals surface area contributed by atoms with E-state index in [-0.39, 0.29) is 23.6 Å². The molecule has 1 atom stereocenters. The van der Waals surface area contributed by atoms with Crippen LogP contribution < -0.4 is 0 Å². The Hall–Kier alpha value is -4.28. The third kappa shape index (κ3) is 7.62. The van der Waals surface area contributed by atoms with Crippen LogP contribution in [0, 0.1) is 17.0 Å². The molecule has 10 heteroatoms. The highest BCUT2D eigenvalue weighted by molar-refractivity contribution is 6.01. The molecule has 1 saturated heterocycles. The maximum absolute atomic E-state index is 13.0. The predicted octanol–water partition coefficient (Wildman–Crippen LogP) is 6.16. The van der Waals surface area contributed by atoms with Gasteiger partial charge in [0.05, 0.1) is 41.7 Å². The maximum atomic E-state index is 13.0. The summed E-state index contributed by atoms with van der Waals surface area (Å²) in [4.78, 5) is 33.7. The largest absolute Gasteiger partial charge is 0.478 e. The summed E-state index contributed by atoms with van der Waals surface area (Å²) in [5.41, 5.74) is 2.44. The van der Waals surface area contributed by atoms with Crippen molar-refractivity contribution in [3.8, 4) is 0 Å². The van der Waals surface area contributed by atoms with E-state index in [2.05, 4.69) is 17.0 Å². The highest BCUT2D eigenvalue weighted by atomic mass is 16.6. The minimum atomic E-state index is -1.14. The summed E-state index contributed by atoms with van der Waals surface area (Å²) in [5, 5.41) is 22.6. The van der Waals surface area contributed by atoms with Gasteiger partial charge < -0.3 is 24.1 Å². The lowest BCUT2D eigenvalue weighted by molar-refractivity contribution is -0.385. The topological polar surface area (TPSA) is 122 Å². The zero-order chi connectivity index (χ0) is 30.9. The second-order valence-electron chi connectivity index (χ2n) is 11.4. The summed E-state index contributed by atoms with van der Waals surface area (Å²) in [7, 11) is 0. The van der Waals surface area contributed by atoms with Gasteiger partial charge in [-0.25, -0.2) is 9.79 Å². The van der Waals surface area contributed by atoms with Gasteiger partial charge in [0, 0.05) is 24.7 Å². The number of furan rings is 1. The van der Waals surface area contributed by atoms with Gasteiger partial charge in [-0.3, -0.25) is 10.1 Å². The van der Waals surface area contributed by atoms with E-state index in [0.717, 1.165) is 31.6 Å². The number of aliphatic carboxylic acids is 1. The summed E-state index contributed by atoms with van der Waals surface area (Å²) < 4.78 is 11.9. The molecule has 0 amide bonds. The normalized spacial score (nSPS) is 17.8. The molecule has 0 bridgehead atoms. The second-order valence-corrected chi connectivity index (χ2v) is 11.4. The molecule has 1 unspecified atom stereocenters. The summed E-state index contributed by atoms with van der Waals surface area (Å²) in [6, 6.07) is 17.7. The molecule has 0 spiro atoms. The van der Waals surface area contributed by atoms with E-state index in [1.807, 2.05) is 23.1 Å². The molecule has 0 saturated carbocycles. The molecule has 0 aliphatic carbocycles. The number of carboxylic acid groups (broad SMARTS) is 1. The van der Waals surface area contributed by atoms with Crippen molar-refractivity contribution in [1.29, 1.82) is 0 Å². The first-order chi connectivity index (χ1) is 21.4. The fraction of sp³-hybridized carbons (Fsp3) is 0.412. The molecule has 44 heavy (non-hydrogen) atoms. The lowest BCUT2D eigenvalue weighted by Crippen LogP contribution is -2.42. The number of ether oxygens (including phenoxy) is 1. The van der Waals surface area contributed by atoms with E-state index >= 15 is 0 Å². The molecule has 5 rings (SSSR count). The van der Waals surface area contributed by atoms with Crippen LogP contribution in [0.1, 0.15) is 60.6 Å². The standard InChI is InChI=1S/C34H40N4O6/c1-25-15-16-27(23-29(25)38(41)42)32-31(34(39)40)28(24-43-22-20-36-17-7-2-3-8-18-36)35-33(30-14-10-21-44-30)37(32)19-9-13-26-11-5-4-6-12-26/h4-6,10-12,14-16,21,23,32H,2-3,7-9,13,17-20,22,24H2,1H3,(H,39,40). The Balaban J connectivity index is 1.50. The number of nitro groups is 1. The average molecular weight is 601 g/mol. The quantitative estimate of drug-likeness (QED) is 0.141. The van der Waals surface area contributed by atoms with E-state index in [0.29, 0.717) is 42.3 Å². The Morgan fingerprint density at radius 1 is 1.07 bits per heavy atom. The Morgan fingerprint density at radius 2 is 1.84 bits per heavy atom. The van der Waals surface area contributed by atoms with Crippen LogP contribution in [0.25, 0.3) is 0 Å². The van der Waals surface area contributed by atoms with E-state index in [1.165, 1.54) is 31.7 Å². The van der Waals surface area contributed by atoms with Crippen molar-refractivity contribution >= 4 is 17.5 Å². The monoisotopic (exact) mass is 600 g/mol. The van der Waals surface area contributed by atoms with E-state index < -0.39 is 16.9 Å². The van der Waals surface area contributed by atoms with Crippen molar-refractivity contribution in [3.05, 3.63) is 111 Å². The van der Waals surface area contributed by atoms with Gasteiger partial charge in [0.2, 0.25) is 0 Å². The summed E-state index contributed by atoms with van der Waals surface area (Å²) in [6.45, 7) is 5.42. The molecule has 2 aliphatic heterocycles. The van der Waals surface area contributed by atoms with Gasteiger partial charge in [-0.2, -0.15) is 0 Å². The molecule has 10 nitrogen and oxygen atoms in total. The Labute approximate surface area is 257 Å². The fourth-order valence-electron chi connectivity index (χ4n) is 6.04. The highest BCUT2D eigenvalue weighted by Crippen LogP contribution is 2.39. The summed E-state index contributed by atoms with van der Waals surface area (Å²) >= 11 is 0. The van der Waals surface area contributed by atoms with Gasteiger partial charge in [0.15, 0.2) is 11.6 Å². The van der Waals surface area contributed by atoms with Crippen LogP contribution in [0.2, 0.25) is 0 Å². The number of carboxylic acids is 1. The number of benzene rings is 2. The van der Waals surface area contributed by atoms with Gasteiger partial charge in [0.25, 0.3) is 5.69 Å². The van der Waals surface area contributed by atoms with Gasteiger partial charge in [-0.1, -0.05) is 55.3 Å². The molecule has 2 aromatic carbocycles. The van der Waals surface area contributed by atoms with Crippen LogP contribution in [-0.4, -0.2) is 71.0 Å². The third-order valence-electron chi connectivity index (χ3n) is 8.32. The number of likely N-dealkylation sites (tertiary alicyclic amines) is 1. The molecule has 232 valence electrons. The molecule has 0 radical (unpaired) electrons. The number of amidine groups is 1. The van der Waals surface area contributed by atoms with Crippen LogP contribution in [0.3, 0.4) is 0 Å². The van der Waals surface area contributed by atoms with Crippen LogP contribution in [-0.2, 0) is 16.0 Å². The Kier molecular flexibility index (Phi) is 10.6. The number of aryl methyl sites for hydroxylation is 2. The van der Waals surface area contributed by atoms with Gasteiger partial charge in [-0.05, 0) is 69.0 Å². The van der Waals surface area contributed by atoms with Crippen LogP contribution in [0.4, 0.5) is 5.69 Å². The van der Waals surface area contributed by atoms with Crippen molar-refractivity contribution in [2.24, 2.45) is 4.99 Å². The van der Waals surface area contributed by atoms with Gasteiger partial charge in [0.1, 0.15) is 0 Å².